The van der Waals surface area contributed by atoms with Crippen LogP contribution in [0.2, 0.25) is 0 Å². The highest BCUT2D eigenvalue weighted by Crippen LogP contribution is 2.41. The summed E-state index contributed by atoms with van der Waals surface area (Å²) in [6, 6.07) is 1.51. The lowest BCUT2D eigenvalue weighted by atomic mass is 9.74. The standard InChI is InChI=1S/C13H20N2O4S2/c1-18-11-9-12(20-14-11)21(16,17)15-6-2-3-13(10-15)4-7-19-8-5-13/h9H,2-8,10H2,1H3. The third kappa shape index (κ3) is 2.94. The van der Waals surface area contributed by atoms with Crippen LogP contribution in [0.1, 0.15) is 25.7 Å². The van der Waals surface area contributed by atoms with E-state index in [4.69, 9.17) is 9.47 Å². The number of rotatable bonds is 3. The second-order valence-corrected chi connectivity index (χ2v) is 8.71. The van der Waals surface area contributed by atoms with Crippen LogP contribution >= 0.6 is 11.5 Å². The van der Waals surface area contributed by atoms with E-state index in [2.05, 4.69) is 4.37 Å². The molecule has 2 fully saturated rings. The average Bonchev–Trinajstić information content (AvgIpc) is 2.98. The summed E-state index contributed by atoms with van der Waals surface area (Å²) in [5.41, 5.74) is 0.0956. The molecule has 118 valence electrons. The lowest BCUT2D eigenvalue weighted by molar-refractivity contribution is -0.0116. The van der Waals surface area contributed by atoms with Gasteiger partial charge in [0.05, 0.1) is 7.11 Å². The summed E-state index contributed by atoms with van der Waals surface area (Å²) in [4.78, 5) is 0. The maximum Gasteiger partial charge on any atom is 0.254 e. The summed E-state index contributed by atoms with van der Waals surface area (Å²) < 4.78 is 41.8. The highest BCUT2D eigenvalue weighted by atomic mass is 32.2. The predicted molar refractivity (Wildman–Crippen MR) is 79.1 cm³/mol. The first kappa shape index (κ1) is 15.2. The Labute approximate surface area is 129 Å². The second-order valence-electron chi connectivity index (χ2n) is 5.74. The van der Waals surface area contributed by atoms with Gasteiger partial charge in [-0.2, -0.15) is 8.68 Å². The molecule has 0 amide bonds. The molecule has 1 spiro atoms. The Morgan fingerprint density at radius 1 is 1.38 bits per heavy atom. The molecule has 0 saturated carbocycles. The fourth-order valence-electron chi connectivity index (χ4n) is 3.17. The van der Waals surface area contributed by atoms with Gasteiger partial charge in [-0.05, 0) is 42.6 Å². The van der Waals surface area contributed by atoms with E-state index in [9.17, 15) is 8.42 Å². The van der Waals surface area contributed by atoms with Crippen LogP contribution in [0.5, 0.6) is 5.88 Å². The Kier molecular flexibility index (Phi) is 4.22. The largest absolute Gasteiger partial charge is 0.480 e. The first-order valence-electron chi connectivity index (χ1n) is 7.14. The van der Waals surface area contributed by atoms with E-state index in [1.165, 1.54) is 13.2 Å². The number of methoxy groups -OCH3 is 1. The SMILES string of the molecule is COc1cc(S(=O)(=O)N2CCCC3(CCOCC3)C2)sn1. The number of piperidine rings is 1. The van der Waals surface area contributed by atoms with Crippen molar-refractivity contribution >= 4 is 21.6 Å². The van der Waals surface area contributed by atoms with E-state index < -0.39 is 10.0 Å². The lowest BCUT2D eigenvalue weighted by Gasteiger charge is -2.44. The van der Waals surface area contributed by atoms with Crippen molar-refractivity contribution in [3.8, 4) is 5.88 Å². The first-order chi connectivity index (χ1) is 10.1. The number of nitrogens with zero attached hydrogens (tertiary/aromatic N) is 2. The molecule has 0 unspecified atom stereocenters. The normalized spacial score (nSPS) is 23.3. The van der Waals surface area contributed by atoms with Crippen molar-refractivity contribution in [1.82, 2.24) is 8.68 Å². The van der Waals surface area contributed by atoms with Crippen molar-refractivity contribution in [1.29, 1.82) is 0 Å². The van der Waals surface area contributed by atoms with Crippen LogP contribution < -0.4 is 4.74 Å². The maximum atomic E-state index is 12.8. The molecule has 2 saturated heterocycles. The van der Waals surface area contributed by atoms with E-state index >= 15 is 0 Å². The number of aromatic nitrogens is 1. The molecule has 3 rings (SSSR count). The van der Waals surface area contributed by atoms with Crippen LogP contribution in [0.3, 0.4) is 0 Å². The number of hydrogen-bond donors (Lipinski definition) is 0. The average molecular weight is 332 g/mol. The van der Waals surface area contributed by atoms with Crippen molar-refractivity contribution in [2.75, 3.05) is 33.4 Å². The molecule has 0 N–H and O–H groups in total. The van der Waals surface area contributed by atoms with Crippen molar-refractivity contribution in [2.24, 2.45) is 5.41 Å². The highest BCUT2D eigenvalue weighted by Gasteiger charge is 2.41. The molecule has 0 aliphatic carbocycles. The van der Waals surface area contributed by atoms with Gasteiger partial charge in [0.25, 0.3) is 10.0 Å². The van der Waals surface area contributed by atoms with E-state index in [1.807, 2.05) is 0 Å². The minimum atomic E-state index is -3.46. The molecule has 0 radical (unpaired) electrons. The third-order valence-corrected chi connectivity index (χ3v) is 7.49. The summed E-state index contributed by atoms with van der Waals surface area (Å²) in [5.74, 6) is 0.358. The molecule has 21 heavy (non-hydrogen) atoms. The first-order valence-corrected chi connectivity index (χ1v) is 9.36. The predicted octanol–water partition coefficient (Wildman–Crippen LogP) is 1.73. The molecule has 8 heteroatoms. The van der Waals surface area contributed by atoms with Gasteiger partial charge in [0.2, 0.25) is 5.88 Å². The molecule has 3 heterocycles. The zero-order chi connectivity index (χ0) is 14.9. The molecule has 0 aromatic carbocycles. The molecule has 0 atom stereocenters. The third-order valence-electron chi connectivity index (χ3n) is 4.45. The molecule has 1 aromatic rings. The van der Waals surface area contributed by atoms with Crippen molar-refractivity contribution in [2.45, 2.75) is 29.9 Å². The van der Waals surface area contributed by atoms with Gasteiger partial charge >= 0.3 is 0 Å². The van der Waals surface area contributed by atoms with Crippen LogP contribution in [-0.4, -0.2) is 50.5 Å². The zero-order valence-electron chi connectivity index (χ0n) is 12.1. The summed E-state index contributed by atoms with van der Waals surface area (Å²) in [7, 11) is -1.97. The Hall–Kier alpha value is -0.700. The molecular weight excluding hydrogens is 312 g/mol. The van der Waals surface area contributed by atoms with Crippen molar-refractivity contribution in [3.05, 3.63) is 6.07 Å². The number of hydrogen-bond acceptors (Lipinski definition) is 6. The van der Waals surface area contributed by atoms with E-state index in [1.54, 1.807) is 4.31 Å². The summed E-state index contributed by atoms with van der Waals surface area (Å²) >= 11 is 0.980. The van der Waals surface area contributed by atoms with Gasteiger partial charge in [0.15, 0.2) is 4.21 Å². The van der Waals surface area contributed by atoms with E-state index in [0.717, 1.165) is 50.4 Å². The lowest BCUT2D eigenvalue weighted by Crippen LogP contribution is -2.48. The molecular formula is C13H20N2O4S2. The molecule has 1 aromatic heterocycles. The smallest absolute Gasteiger partial charge is 0.254 e. The Bertz CT molecular complexity index is 588. The van der Waals surface area contributed by atoms with Crippen molar-refractivity contribution in [3.63, 3.8) is 0 Å². The van der Waals surface area contributed by atoms with E-state index in [-0.39, 0.29) is 9.62 Å². The quantitative estimate of drug-likeness (QED) is 0.843. The van der Waals surface area contributed by atoms with Gasteiger partial charge in [-0.1, -0.05) is 0 Å². The minimum absolute atomic E-state index is 0.0956. The topological polar surface area (TPSA) is 68.7 Å². The van der Waals surface area contributed by atoms with Crippen LogP contribution in [0.4, 0.5) is 0 Å². The molecule has 2 aliphatic heterocycles. The number of ether oxygens (including phenoxy) is 2. The fourth-order valence-corrected chi connectivity index (χ4v) is 5.75. The molecule has 2 aliphatic rings. The van der Waals surface area contributed by atoms with Crippen LogP contribution in [0.15, 0.2) is 10.3 Å². The van der Waals surface area contributed by atoms with Crippen LogP contribution in [0, 0.1) is 5.41 Å². The van der Waals surface area contributed by atoms with Gasteiger partial charge in [-0.25, -0.2) is 8.42 Å². The van der Waals surface area contributed by atoms with Gasteiger partial charge < -0.3 is 9.47 Å². The maximum absolute atomic E-state index is 12.8. The van der Waals surface area contributed by atoms with E-state index in [0.29, 0.717) is 19.0 Å². The fraction of sp³-hybridized carbons (Fsp3) is 0.769. The molecule has 6 nitrogen and oxygen atoms in total. The second kappa shape index (κ2) is 5.83. The van der Waals surface area contributed by atoms with Crippen molar-refractivity contribution < 1.29 is 17.9 Å². The highest BCUT2D eigenvalue weighted by molar-refractivity contribution is 7.91. The van der Waals surface area contributed by atoms with Gasteiger partial charge in [0, 0.05) is 32.4 Å². The Morgan fingerprint density at radius 2 is 2.14 bits per heavy atom. The van der Waals surface area contributed by atoms with Gasteiger partial charge in [-0.3, -0.25) is 0 Å². The van der Waals surface area contributed by atoms with Crippen LogP contribution in [0.25, 0.3) is 0 Å². The summed E-state index contributed by atoms with van der Waals surface area (Å²) in [6.07, 6.45) is 3.90. The minimum Gasteiger partial charge on any atom is -0.480 e. The summed E-state index contributed by atoms with van der Waals surface area (Å²) in [6.45, 7) is 2.66. The van der Waals surface area contributed by atoms with Gasteiger partial charge in [-0.15, -0.1) is 0 Å². The number of sulfonamides is 1. The van der Waals surface area contributed by atoms with Crippen LogP contribution in [-0.2, 0) is 14.8 Å². The Morgan fingerprint density at radius 3 is 2.81 bits per heavy atom. The van der Waals surface area contributed by atoms with Gasteiger partial charge in [0.1, 0.15) is 0 Å². The Balaban J connectivity index is 1.81. The zero-order valence-corrected chi connectivity index (χ0v) is 13.7. The summed E-state index contributed by atoms with van der Waals surface area (Å²) in [5, 5.41) is 0. The monoisotopic (exact) mass is 332 g/mol. The molecule has 0 bridgehead atoms.